The fraction of sp³-hybridized carbons (Fsp3) is 0.333. The Balaban J connectivity index is 1.80. The van der Waals surface area contributed by atoms with E-state index in [2.05, 4.69) is 53.2 Å². The molecule has 2 aromatic heterocycles. The van der Waals surface area contributed by atoms with Crippen molar-refractivity contribution in [1.82, 2.24) is 10.1 Å². The monoisotopic (exact) mass is 311 g/mol. The first-order chi connectivity index (χ1) is 11.2. The Hall–Kier alpha value is -2.56. The van der Waals surface area contributed by atoms with Crippen molar-refractivity contribution in [1.29, 1.82) is 0 Å². The van der Waals surface area contributed by atoms with Crippen molar-refractivity contribution in [3.63, 3.8) is 0 Å². The average molecular weight is 311 g/mol. The van der Waals surface area contributed by atoms with E-state index in [1.165, 1.54) is 5.56 Å². The molecule has 0 saturated carbocycles. The molecule has 0 aliphatic carbocycles. The zero-order valence-corrected chi connectivity index (χ0v) is 13.5. The van der Waals surface area contributed by atoms with Gasteiger partial charge in [-0.2, -0.15) is 4.98 Å². The molecule has 0 saturated heterocycles. The van der Waals surface area contributed by atoms with Crippen molar-refractivity contribution in [3.05, 3.63) is 65.7 Å². The Kier molecular flexibility index (Phi) is 4.76. The molecule has 0 radical (unpaired) electrons. The third kappa shape index (κ3) is 4.00. The highest BCUT2D eigenvalue weighted by molar-refractivity contribution is 5.47. The highest BCUT2D eigenvalue weighted by Crippen LogP contribution is 2.20. The van der Waals surface area contributed by atoms with E-state index in [0.717, 1.165) is 24.3 Å². The van der Waals surface area contributed by atoms with Gasteiger partial charge in [0.25, 0.3) is 0 Å². The highest BCUT2D eigenvalue weighted by atomic mass is 16.5. The van der Waals surface area contributed by atoms with E-state index in [9.17, 15) is 0 Å². The quantitative estimate of drug-likeness (QED) is 0.656. The smallest absolute Gasteiger partial charge is 0.226 e. The Morgan fingerprint density at radius 2 is 1.91 bits per heavy atom. The zero-order chi connectivity index (χ0) is 16.1. The maximum absolute atomic E-state index is 5.48. The molecular weight excluding hydrogens is 290 g/mol. The lowest BCUT2D eigenvalue weighted by Crippen LogP contribution is -2.22. The third-order valence-corrected chi connectivity index (χ3v) is 3.63. The minimum atomic E-state index is 0.580. The molecule has 0 atom stereocenters. The Labute approximate surface area is 135 Å². The maximum Gasteiger partial charge on any atom is 0.226 e. The molecule has 3 rings (SSSR count). The molecule has 0 amide bonds. The van der Waals surface area contributed by atoms with Gasteiger partial charge in [0, 0.05) is 12.1 Å². The molecule has 0 bridgehead atoms. The van der Waals surface area contributed by atoms with Crippen LogP contribution in [0.2, 0.25) is 0 Å². The molecule has 0 unspecified atom stereocenters. The molecule has 0 N–H and O–H groups in total. The zero-order valence-electron chi connectivity index (χ0n) is 13.5. The first kappa shape index (κ1) is 15.3. The summed E-state index contributed by atoms with van der Waals surface area (Å²) in [5.41, 5.74) is 2.34. The summed E-state index contributed by atoms with van der Waals surface area (Å²) in [6.07, 6.45) is 3.50. The van der Waals surface area contributed by atoms with Crippen LogP contribution in [0.5, 0.6) is 0 Å². The maximum atomic E-state index is 5.48. The van der Waals surface area contributed by atoms with E-state index in [1.807, 2.05) is 12.1 Å². The van der Waals surface area contributed by atoms with E-state index in [4.69, 9.17) is 8.94 Å². The van der Waals surface area contributed by atoms with E-state index in [0.29, 0.717) is 24.8 Å². The summed E-state index contributed by atoms with van der Waals surface area (Å²) >= 11 is 0. The number of furan rings is 1. The number of aryl methyl sites for hydroxylation is 2. The van der Waals surface area contributed by atoms with Crippen LogP contribution in [0.1, 0.15) is 36.4 Å². The van der Waals surface area contributed by atoms with Crippen LogP contribution in [0, 0.1) is 6.92 Å². The molecule has 3 aromatic rings. The number of benzene rings is 1. The van der Waals surface area contributed by atoms with Gasteiger partial charge in [-0.3, -0.25) is 0 Å². The number of aromatic nitrogens is 2. The standard InChI is InChI=1S/C18H21N3O2/c1-3-5-18-19-17(20-23-18)13-21(12-16-6-4-11-22-16)15-9-7-14(2)8-10-15/h4,6-11H,3,5,12-13H2,1-2H3. The largest absolute Gasteiger partial charge is 0.467 e. The number of anilines is 1. The molecule has 0 fully saturated rings. The molecule has 0 spiro atoms. The lowest BCUT2D eigenvalue weighted by Gasteiger charge is -2.22. The second kappa shape index (κ2) is 7.13. The van der Waals surface area contributed by atoms with Gasteiger partial charge in [0.2, 0.25) is 5.89 Å². The van der Waals surface area contributed by atoms with E-state index in [1.54, 1.807) is 6.26 Å². The predicted octanol–water partition coefficient (Wildman–Crippen LogP) is 4.13. The highest BCUT2D eigenvalue weighted by Gasteiger charge is 2.14. The fourth-order valence-corrected chi connectivity index (χ4v) is 2.43. The van der Waals surface area contributed by atoms with Gasteiger partial charge in [-0.15, -0.1) is 0 Å². The number of hydrogen-bond acceptors (Lipinski definition) is 5. The first-order valence-corrected chi connectivity index (χ1v) is 7.90. The topological polar surface area (TPSA) is 55.3 Å². The van der Waals surface area contributed by atoms with Crippen molar-refractivity contribution < 1.29 is 8.94 Å². The van der Waals surface area contributed by atoms with Crippen LogP contribution in [-0.2, 0) is 19.5 Å². The fourth-order valence-electron chi connectivity index (χ4n) is 2.43. The van der Waals surface area contributed by atoms with Crippen LogP contribution < -0.4 is 4.90 Å². The molecule has 1 aromatic carbocycles. The normalized spacial score (nSPS) is 10.9. The Morgan fingerprint density at radius 3 is 2.61 bits per heavy atom. The van der Waals surface area contributed by atoms with Crippen LogP contribution in [0.15, 0.2) is 51.6 Å². The minimum absolute atomic E-state index is 0.580. The Bertz CT molecular complexity index is 717. The van der Waals surface area contributed by atoms with Crippen molar-refractivity contribution in [2.75, 3.05) is 4.90 Å². The summed E-state index contributed by atoms with van der Waals surface area (Å²) in [6.45, 7) is 5.42. The van der Waals surface area contributed by atoms with Gasteiger partial charge >= 0.3 is 0 Å². The van der Waals surface area contributed by atoms with Gasteiger partial charge in [-0.25, -0.2) is 0 Å². The van der Waals surface area contributed by atoms with Crippen molar-refractivity contribution >= 4 is 5.69 Å². The van der Waals surface area contributed by atoms with Gasteiger partial charge < -0.3 is 13.8 Å². The van der Waals surface area contributed by atoms with Gasteiger partial charge in [0.05, 0.1) is 19.4 Å². The summed E-state index contributed by atoms with van der Waals surface area (Å²) < 4.78 is 10.8. The number of rotatable bonds is 7. The van der Waals surface area contributed by atoms with Gasteiger partial charge in [-0.05, 0) is 37.6 Å². The van der Waals surface area contributed by atoms with E-state index >= 15 is 0 Å². The SMILES string of the molecule is CCCc1nc(CN(Cc2ccco2)c2ccc(C)cc2)no1. The number of hydrogen-bond donors (Lipinski definition) is 0. The van der Waals surface area contributed by atoms with E-state index in [-0.39, 0.29) is 0 Å². The molecule has 2 heterocycles. The van der Waals surface area contributed by atoms with Crippen LogP contribution in [0.3, 0.4) is 0 Å². The van der Waals surface area contributed by atoms with Crippen molar-refractivity contribution in [2.24, 2.45) is 0 Å². The minimum Gasteiger partial charge on any atom is -0.467 e. The number of nitrogens with zero attached hydrogens (tertiary/aromatic N) is 3. The molecular formula is C18H21N3O2. The van der Waals surface area contributed by atoms with Crippen molar-refractivity contribution in [3.8, 4) is 0 Å². The summed E-state index contributed by atoms with van der Waals surface area (Å²) in [5.74, 6) is 2.30. The lowest BCUT2D eigenvalue weighted by atomic mass is 10.2. The second-order valence-electron chi connectivity index (χ2n) is 5.63. The van der Waals surface area contributed by atoms with Crippen LogP contribution >= 0.6 is 0 Å². The first-order valence-electron chi connectivity index (χ1n) is 7.90. The lowest BCUT2D eigenvalue weighted by molar-refractivity contribution is 0.371. The van der Waals surface area contributed by atoms with Gasteiger partial charge in [0.15, 0.2) is 5.82 Å². The molecule has 0 aliphatic heterocycles. The summed E-state index contributed by atoms with van der Waals surface area (Å²) in [4.78, 5) is 6.64. The van der Waals surface area contributed by atoms with Crippen LogP contribution in [0.25, 0.3) is 0 Å². The molecule has 5 heteroatoms. The van der Waals surface area contributed by atoms with E-state index < -0.39 is 0 Å². The molecule has 5 nitrogen and oxygen atoms in total. The summed E-state index contributed by atoms with van der Waals surface area (Å²) in [6, 6.07) is 12.3. The summed E-state index contributed by atoms with van der Waals surface area (Å²) in [5, 5.41) is 4.09. The summed E-state index contributed by atoms with van der Waals surface area (Å²) in [7, 11) is 0. The molecule has 120 valence electrons. The predicted molar refractivity (Wildman–Crippen MR) is 88.1 cm³/mol. The molecule has 23 heavy (non-hydrogen) atoms. The van der Waals surface area contributed by atoms with Crippen LogP contribution in [-0.4, -0.2) is 10.1 Å². The van der Waals surface area contributed by atoms with Gasteiger partial charge in [0.1, 0.15) is 5.76 Å². The van der Waals surface area contributed by atoms with Gasteiger partial charge in [-0.1, -0.05) is 29.8 Å². The third-order valence-electron chi connectivity index (χ3n) is 3.63. The average Bonchev–Trinajstić information content (AvgIpc) is 3.20. The Morgan fingerprint density at radius 1 is 1.09 bits per heavy atom. The van der Waals surface area contributed by atoms with Crippen molar-refractivity contribution in [2.45, 2.75) is 39.8 Å². The molecule has 0 aliphatic rings. The second-order valence-corrected chi connectivity index (χ2v) is 5.63. The van der Waals surface area contributed by atoms with Crippen LogP contribution in [0.4, 0.5) is 5.69 Å².